The Morgan fingerprint density at radius 3 is 2.74 bits per heavy atom. The fourth-order valence-corrected chi connectivity index (χ4v) is 2.10. The number of hydrogen-bond donors (Lipinski definition) is 1. The maximum absolute atomic E-state index is 14.1. The number of methoxy groups -OCH3 is 1. The lowest BCUT2D eigenvalue weighted by molar-refractivity contribution is -0.137. The number of carbonyl (C=O) groups is 1. The Morgan fingerprint density at radius 2 is 2.11 bits per heavy atom. The van der Waals surface area contributed by atoms with Crippen molar-refractivity contribution in [2.24, 2.45) is 0 Å². The van der Waals surface area contributed by atoms with Crippen LogP contribution in [0.15, 0.2) is 30.3 Å². The van der Waals surface area contributed by atoms with Gasteiger partial charge in [0.15, 0.2) is 0 Å². The van der Waals surface area contributed by atoms with Crippen LogP contribution in [-0.2, 0) is 4.79 Å². The van der Waals surface area contributed by atoms with Crippen LogP contribution in [0.1, 0.15) is 24.8 Å². The molecule has 2 rings (SSSR count). The molecule has 2 aromatic carbocycles. The van der Waals surface area contributed by atoms with Gasteiger partial charge in [-0.1, -0.05) is 19.1 Å². The number of halogens is 1. The fourth-order valence-electron chi connectivity index (χ4n) is 2.10. The van der Waals surface area contributed by atoms with E-state index < -0.39 is 5.97 Å². The molecule has 0 spiro atoms. The maximum Gasteiger partial charge on any atom is 0.303 e. The van der Waals surface area contributed by atoms with Crippen molar-refractivity contribution in [2.75, 3.05) is 7.11 Å². The summed E-state index contributed by atoms with van der Waals surface area (Å²) in [6, 6.07) is 8.39. The molecule has 4 heteroatoms. The molecule has 0 heterocycles. The van der Waals surface area contributed by atoms with Gasteiger partial charge in [-0.2, -0.15) is 0 Å². The van der Waals surface area contributed by atoms with Gasteiger partial charge in [0, 0.05) is 5.39 Å². The van der Waals surface area contributed by atoms with Crippen LogP contribution in [0.25, 0.3) is 10.8 Å². The average Bonchev–Trinajstić information content (AvgIpc) is 2.37. The van der Waals surface area contributed by atoms with Crippen LogP contribution in [-0.4, -0.2) is 18.2 Å². The summed E-state index contributed by atoms with van der Waals surface area (Å²) in [5, 5.41) is 10.0. The van der Waals surface area contributed by atoms with Gasteiger partial charge in [-0.05, 0) is 35.1 Å². The summed E-state index contributed by atoms with van der Waals surface area (Å²) in [6.07, 6.45) is -0.0128. The van der Waals surface area contributed by atoms with Crippen LogP contribution in [0, 0.1) is 5.82 Å². The second kappa shape index (κ2) is 5.26. The van der Waals surface area contributed by atoms with Gasteiger partial charge in [0.25, 0.3) is 0 Å². The topological polar surface area (TPSA) is 46.5 Å². The summed E-state index contributed by atoms with van der Waals surface area (Å²) < 4.78 is 19.1. The summed E-state index contributed by atoms with van der Waals surface area (Å²) in [5.74, 6) is -0.873. The lowest BCUT2D eigenvalue weighted by atomic mass is 9.95. The van der Waals surface area contributed by atoms with E-state index in [0.717, 1.165) is 5.39 Å². The Morgan fingerprint density at radius 1 is 1.37 bits per heavy atom. The minimum atomic E-state index is -0.886. The van der Waals surface area contributed by atoms with Gasteiger partial charge in [-0.3, -0.25) is 4.79 Å². The second-order valence-electron chi connectivity index (χ2n) is 4.59. The largest absolute Gasteiger partial charge is 0.497 e. The first-order valence-corrected chi connectivity index (χ1v) is 6.00. The molecule has 0 radical (unpaired) electrons. The van der Waals surface area contributed by atoms with Crippen molar-refractivity contribution in [1.29, 1.82) is 0 Å². The van der Waals surface area contributed by atoms with E-state index in [4.69, 9.17) is 9.84 Å². The molecule has 0 fully saturated rings. The minimum absolute atomic E-state index is 0.0128. The third-order valence-corrected chi connectivity index (χ3v) is 3.18. The van der Waals surface area contributed by atoms with Gasteiger partial charge in [-0.25, -0.2) is 4.39 Å². The Bertz CT molecular complexity index is 622. The highest BCUT2D eigenvalue weighted by Gasteiger charge is 2.13. The third-order valence-electron chi connectivity index (χ3n) is 3.18. The van der Waals surface area contributed by atoms with Crippen LogP contribution in [0.2, 0.25) is 0 Å². The Balaban J connectivity index is 2.47. The summed E-state index contributed by atoms with van der Waals surface area (Å²) in [5.41, 5.74) is 0.692. The zero-order valence-electron chi connectivity index (χ0n) is 10.8. The van der Waals surface area contributed by atoms with Gasteiger partial charge in [0.2, 0.25) is 0 Å². The molecule has 3 nitrogen and oxygen atoms in total. The first-order valence-electron chi connectivity index (χ1n) is 6.00. The van der Waals surface area contributed by atoms with Crippen LogP contribution in [0.3, 0.4) is 0 Å². The van der Waals surface area contributed by atoms with E-state index in [2.05, 4.69) is 0 Å². The standard InChI is InChI=1S/C15H15FO3/c1-9(5-15(17)18)11-6-10-3-4-12(19-2)8-13(10)14(16)7-11/h3-4,6-9H,5H2,1-2H3,(H,17,18). The van der Waals surface area contributed by atoms with Gasteiger partial charge in [0.05, 0.1) is 13.5 Å². The summed E-state index contributed by atoms with van der Waals surface area (Å²) in [4.78, 5) is 10.7. The molecule has 0 aliphatic carbocycles. The number of fused-ring (bicyclic) bond motifs is 1. The van der Waals surface area contributed by atoms with Gasteiger partial charge < -0.3 is 9.84 Å². The number of carboxylic acid groups (broad SMARTS) is 1. The molecule has 1 atom stereocenters. The molecular formula is C15H15FO3. The van der Waals surface area contributed by atoms with E-state index in [1.807, 2.05) is 6.07 Å². The van der Waals surface area contributed by atoms with E-state index in [1.165, 1.54) is 13.2 Å². The van der Waals surface area contributed by atoms with Crippen molar-refractivity contribution < 1.29 is 19.0 Å². The maximum atomic E-state index is 14.1. The fraction of sp³-hybridized carbons (Fsp3) is 0.267. The molecule has 0 amide bonds. The predicted octanol–water partition coefficient (Wildman–Crippen LogP) is 3.57. The van der Waals surface area contributed by atoms with Crippen LogP contribution in [0.4, 0.5) is 4.39 Å². The molecule has 2 aromatic rings. The number of ether oxygens (including phenoxy) is 1. The molecular weight excluding hydrogens is 247 g/mol. The lowest BCUT2D eigenvalue weighted by Crippen LogP contribution is -2.03. The molecule has 0 saturated carbocycles. The Labute approximate surface area is 110 Å². The monoisotopic (exact) mass is 262 g/mol. The number of rotatable bonds is 4. The van der Waals surface area contributed by atoms with Crippen molar-refractivity contribution >= 4 is 16.7 Å². The second-order valence-corrected chi connectivity index (χ2v) is 4.59. The summed E-state index contributed by atoms with van der Waals surface area (Å²) >= 11 is 0. The number of aliphatic carboxylic acids is 1. The van der Waals surface area contributed by atoms with E-state index >= 15 is 0 Å². The smallest absolute Gasteiger partial charge is 0.303 e. The molecule has 0 saturated heterocycles. The molecule has 1 unspecified atom stereocenters. The molecule has 0 aliphatic rings. The van der Waals surface area contributed by atoms with E-state index in [1.54, 1.807) is 25.1 Å². The van der Waals surface area contributed by atoms with Gasteiger partial charge >= 0.3 is 5.97 Å². The van der Waals surface area contributed by atoms with Crippen molar-refractivity contribution in [3.8, 4) is 5.75 Å². The molecule has 0 aliphatic heterocycles. The zero-order chi connectivity index (χ0) is 14.0. The average molecular weight is 262 g/mol. The molecule has 0 aromatic heterocycles. The summed E-state index contributed by atoms with van der Waals surface area (Å²) in [6.45, 7) is 1.78. The van der Waals surface area contributed by atoms with Crippen molar-refractivity contribution in [2.45, 2.75) is 19.3 Å². The number of hydrogen-bond acceptors (Lipinski definition) is 2. The van der Waals surface area contributed by atoms with E-state index in [9.17, 15) is 9.18 Å². The van der Waals surface area contributed by atoms with Crippen molar-refractivity contribution in [3.63, 3.8) is 0 Å². The van der Waals surface area contributed by atoms with Crippen molar-refractivity contribution in [1.82, 2.24) is 0 Å². The normalized spacial score (nSPS) is 12.4. The molecule has 0 bridgehead atoms. The molecule has 100 valence electrons. The van der Waals surface area contributed by atoms with Crippen LogP contribution in [0.5, 0.6) is 5.75 Å². The summed E-state index contributed by atoms with van der Waals surface area (Å²) in [7, 11) is 1.53. The number of benzene rings is 2. The number of carboxylic acids is 1. The van der Waals surface area contributed by atoms with Crippen molar-refractivity contribution in [3.05, 3.63) is 41.7 Å². The zero-order valence-corrected chi connectivity index (χ0v) is 10.8. The predicted molar refractivity (Wildman–Crippen MR) is 71.1 cm³/mol. The van der Waals surface area contributed by atoms with E-state index in [0.29, 0.717) is 16.7 Å². The lowest BCUT2D eigenvalue weighted by Gasteiger charge is -2.11. The highest BCUT2D eigenvalue weighted by molar-refractivity contribution is 5.85. The first kappa shape index (κ1) is 13.3. The molecule has 19 heavy (non-hydrogen) atoms. The van der Waals surface area contributed by atoms with Crippen LogP contribution < -0.4 is 4.74 Å². The quantitative estimate of drug-likeness (QED) is 0.916. The Kier molecular flexibility index (Phi) is 3.69. The SMILES string of the molecule is COc1ccc2cc(C(C)CC(=O)O)cc(F)c2c1. The third kappa shape index (κ3) is 2.84. The highest BCUT2D eigenvalue weighted by Crippen LogP contribution is 2.28. The Hall–Kier alpha value is -2.10. The minimum Gasteiger partial charge on any atom is -0.497 e. The van der Waals surface area contributed by atoms with Gasteiger partial charge in [-0.15, -0.1) is 0 Å². The van der Waals surface area contributed by atoms with Gasteiger partial charge in [0.1, 0.15) is 11.6 Å². The molecule has 1 N–H and O–H groups in total. The first-order chi connectivity index (χ1) is 9.01. The van der Waals surface area contributed by atoms with E-state index in [-0.39, 0.29) is 18.2 Å². The highest BCUT2D eigenvalue weighted by atomic mass is 19.1. The van der Waals surface area contributed by atoms with Crippen LogP contribution >= 0.6 is 0 Å².